The van der Waals surface area contributed by atoms with Gasteiger partial charge in [-0.15, -0.1) is 0 Å². The molecule has 0 spiro atoms. The van der Waals surface area contributed by atoms with Crippen molar-refractivity contribution in [3.63, 3.8) is 0 Å². The molecule has 0 atom stereocenters. The van der Waals surface area contributed by atoms with Gasteiger partial charge in [0.15, 0.2) is 0 Å². The molecule has 1 aromatic heterocycles. The Labute approximate surface area is 107 Å². The predicted molar refractivity (Wildman–Crippen MR) is 73.0 cm³/mol. The van der Waals surface area contributed by atoms with Gasteiger partial charge in [0.25, 0.3) is 0 Å². The van der Waals surface area contributed by atoms with E-state index in [9.17, 15) is 0 Å². The molecule has 2 aliphatic rings. The van der Waals surface area contributed by atoms with Gasteiger partial charge in [-0.3, -0.25) is 4.98 Å². The van der Waals surface area contributed by atoms with E-state index in [2.05, 4.69) is 10.3 Å². The first-order valence-electron chi connectivity index (χ1n) is 6.20. The summed E-state index contributed by atoms with van der Waals surface area (Å²) in [6.07, 6.45) is 7.29. The van der Waals surface area contributed by atoms with Gasteiger partial charge in [-0.1, -0.05) is 12.2 Å². The molecule has 1 aromatic rings. The molecule has 90 valence electrons. The van der Waals surface area contributed by atoms with E-state index < -0.39 is 0 Å². The van der Waals surface area contributed by atoms with Gasteiger partial charge in [-0.25, -0.2) is 0 Å². The summed E-state index contributed by atoms with van der Waals surface area (Å²) in [6, 6.07) is 3.92. The lowest BCUT2D eigenvalue weighted by Crippen LogP contribution is -2.21. The van der Waals surface area contributed by atoms with Crippen LogP contribution in [0.1, 0.15) is 31.4 Å². The lowest BCUT2D eigenvalue weighted by atomic mass is 10.0. The highest BCUT2D eigenvalue weighted by Gasteiger charge is 2.53. The molecular formula is C13H17N3S. The molecule has 3 nitrogen and oxygen atoms in total. The average Bonchev–Trinajstić information content (AvgIpc) is 3.17. The largest absolute Gasteiger partial charge is 0.388 e. The van der Waals surface area contributed by atoms with Crippen molar-refractivity contribution in [2.45, 2.75) is 25.7 Å². The number of nitrogens with zero attached hydrogens (tertiary/aromatic N) is 1. The normalized spacial score (nSPS) is 20.9. The Morgan fingerprint density at radius 3 is 2.88 bits per heavy atom. The maximum absolute atomic E-state index is 5.67. The van der Waals surface area contributed by atoms with Crippen molar-refractivity contribution in [3.8, 4) is 0 Å². The van der Waals surface area contributed by atoms with Gasteiger partial charge >= 0.3 is 0 Å². The summed E-state index contributed by atoms with van der Waals surface area (Å²) in [5.41, 5.74) is 7.94. The lowest BCUT2D eigenvalue weighted by molar-refractivity contribution is 0.467. The molecule has 3 N–H and O–H groups in total. The van der Waals surface area contributed by atoms with Gasteiger partial charge in [0.1, 0.15) is 10.7 Å². The molecule has 2 fully saturated rings. The topological polar surface area (TPSA) is 50.9 Å². The summed E-state index contributed by atoms with van der Waals surface area (Å²) in [5.74, 6) is 0.958. The molecule has 2 aliphatic carbocycles. The van der Waals surface area contributed by atoms with E-state index in [4.69, 9.17) is 18.0 Å². The maximum atomic E-state index is 5.67. The van der Waals surface area contributed by atoms with Crippen LogP contribution in [0.5, 0.6) is 0 Å². The van der Waals surface area contributed by atoms with Crippen molar-refractivity contribution in [1.82, 2.24) is 4.98 Å². The number of nitrogens with two attached hydrogens (primary N) is 1. The Balaban J connectivity index is 1.70. The minimum Gasteiger partial charge on any atom is -0.388 e. The average molecular weight is 247 g/mol. The van der Waals surface area contributed by atoms with Gasteiger partial charge in [-0.2, -0.15) is 0 Å². The molecule has 1 heterocycles. The van der Waals surface area contributed by atoms with E-state index in [1.165, 1.54) is 25.7 Å². The van der Waals surface area contributed by atoms with Crippen LogP contribution in [-0.4, -0.2) is 16.5 Å². The number of rotatable bonds is 5. The Bertz CT molecular complexity index is 450. The summed E-state index contributed by atoms with van der Waals surface area (Å²) < 4.78 is 0. The zero-order valence-electron chi connectivity index (χ0n) is 9.78. The maximum Gasteiger partial charge on any atom is 0.124 e. The number of nitrogens with one attached hydrogen (secondary N) is 1. The van der Waals surface area contributed by atoms with E-state index in [-0.39, 0.29) is 0 Å². The minimum atomic E-state index is 0.365. The third-order valence-electron chi connectivity index (χ3n) is 4.01. The Hall–Kier alpha value is -1.16. The summed E-state index contributed by atoms with van der Waals surface area (Å²) >= 11 is 5.01. The van der Waals surface area contributed by atoms with Crippen molar-refractivity contribution in [3.05, 3.63) is 24.0 Å². The molecule has 4 heteroatoms. The molecule has 2 saturated carbocycles. The molecule has 0 unspecified atom stereocenters. The van der Waals surface area contributed by atoms with E-state index in [1.54, 1.807) is 6.20 Å². The zero-order valence-corrected chi connectivity index (χ0v) is 10.6. The van der Waals surface area contributed by atoms with Crippen molar-refractivity contribution < 1.29 is 0 Å². The van der Waals surface area contributed by atoms with Gasteiger partial charge in [0.2, 0.25) is 0 Å². The van der Waals surface area contributed by atoms with Crippen LogP contribution >= 0.6 is 12.2 Å². The van der Waals surface area contributed by atoms with Crippen LogP contribution in [0.15, 0.2) is 18.3 Å². The number of anilines is 1. The van der Waals surface area contributed by atoms with E-state index >= 15 is 0 Å². The third kappa shape index (κ3) is 2.14. The first kappa shape index (κ1) is 11.0. The van der Waals surface area contributed by atoms with Crippen LogP contribution in [0.2, 0.25) is 0 Å². The Kier molecular flexibility index (Phi) is 2.54. The number of pyridine rings is 1. The highest BCUT2D eigenvalue weighted by atomic mass is 32.1. The van der Waals surface area contributed by atoms with Crippen LogP contribution < -0.4 is 11.1 Å². The molecule has 0 amide bonds. The van der Waals surface area contributed by atoms with Crippen LogP contribution in [0.25, 0.3) is 0 Å². The second-order valence-electron chi connectivity index (χ2n) is 5.25. The lowest BCUT2D eigenvalue weighted by Gasteiger charge is -2.17. The number of hydrogen-bond acceptors (Lipinski definition) is 3. The Morgan fingerprint density at radius 1 is 1.53 bits per heavy atom. The first-order valence-corrected chi connectivity index (χ1v) is 6.61. The van der Waals surface area contributed by atoms with Gasteiger partial charge in [0.05, 0.1) is 5.69 Å². The molecule has 17 heavy (non-hydrogen) atoms. The van der Waals surface area contributed by atoms with E-state index in [0.29, 0.717) is 16.1 Å². The zero-order chi connectivity index (χ0) is 11.9. The fourth-order valence-electron chi connectivity index (χ4n) is 2.60. The SMILES string of the molecule is NC(=S)c1ncccc1NCC1(C2CC2)CC1. The van der Waals surface area contributed by atoms with Gasteiger partial charge in [0, 0.05) is 12.7 Å². The van der Waals surface area contributed by atoms with Crippen LogP contribution in [0.3, 0.4) is 0 Å². The number of thiocarbonyl (C=S) groups is 1. The third-order valence-corrected chi connectivity index (χ3v) is 4.20. The molecule has 0 bridgehead atoms. The quantitative estimate of drug-likeness (QED) is 0.784. The van der Waals surface area contributed by atoms with Crippen LogP contribution in [0.4, 0.5) is 5.69 Å². The fraction of sp³-hybridized carbons (Fsp3) is 0.538. The molecule has 3 rings (SSSR count). The Morgan fingerprint density at radius 2 is 2.29 bits per heavy atom. The highest BCUT2D eigenvalue weighted by molar-refractivity contribution is 7.80. The van der Waals surface area contributed by atoms with Crippen molar-refractivity contribution in [2.24, 2.45) is 17.1 Å². The number of hydrogen-bond donors (Lipinski definition) is 2. The summed E-state index contributed by atoms with van der Waals surface area (Å²) in [5, 5.41) is 3.49. The first-order chi connectivity index (χ1) is 8.21. The molecular weight excluding hydrogens is 230 g/mol. The second-order valence-corrected chi connectivity index (χ2v) is 5.69. The van der Waals surface area contributed by atoms with Crippen molar-refractivity contribution >= 4 is 22.9 Å². The van der Waals surface area contributed by atoms with Gasteiger partial charge < -0.3 is 11.1 Å². The highest BCUT2D eigenvalue weighted by Crippen LogP contribution is 2.61. The predicted octanol–water partition coefficient (Wildman–Crippen LogP) is 2.32. The summed E-state index contributed by atoms with van der Waals surface area (Å²) in [6.45, 7) is 1.04. The summed E-state index contributed by atoms with van der Waals surface area (Å²) in [7, 11) is 0. The van der Waals surface area contributed by atoms with Crippen LogP contribution in [-0.2, 0) is 0 Å². The fourth-order valence-corrected chi connectivity index (χ4v) is 2.76. The molecule has 0 aromatic carbocycles. The van der Waals surface area contributed by atoms with Crippen LogP contribution in [0, 0.1) is 11.3 Å². The smallest absolute Gasteiger partial charge is 0.124 e. The van der Waals surface area contributed by atoms with Crippen molar-refractivity contribution in [1.29, 1.82) is 0 Å². The minimum absolute atomic E-state index is 0.365. The molecule has 0 aliphatic heterocycles. The van der Waals surface area contributed by atoms with E-state index in [1.807, 2.05) is 12.1 Å². The molecule has 0 saturated heterocycles. The monoisotopic (exact) mass is 247 g/mol. The van der Waals surface area contributed by atoms with E-state index in [0.717, 1.165) is 18.2 Å². The summed E-state index contributed by atoms with van der Waals surface area (Å²) in [4.78, 5) is 4.60. The molecule has 0 radical (unpaired) electrons. The van der Waals surface area contributed by atoms with Crippen molar-refractivity contribution in [2.75, 3.05) is 11.9 Å². The van der Waals surface area contributed by atoms with Gasteiger partial charge in [-0.05, 0) is 49.1 Å². The second kappa shape index (κ2) is 3.95. The number of aromatic nitrogens is 1. The standard InChI is InChI=1S/C13H17N3S/c14-12(17)11-10(2-1-7-15-11)16-8-13(5-6-13)9-3-4-9/h1-2,7,9,16H,3-6,8H2,(H2,14,17).